The Morgan fingerprint density at radius 1 is 1.12 bits per heavy atom. The van der Waals surface area contributed by atoms with Gasteiger partial charge in [0.1, 0.15) is 0 Å². The monoisotopic (exact) mass is 374 g/mol. The number of nitrogens with two attached hydrogens (primary N) is 3. The van der Waals surface area contributed by atoms with Crippen molar-refractivity contribution in [2.24, 2.45) is 17.2 Å². The lowest BCUT2D eigenvalue weighted by Gasteiger charge is -2.34. The van der Waals surface area contributed by atoms with E-state index in [-0.39, 0.29) is 0 Å². The predicted octanol–water partition coefficient (Wildman–Crippen LogP) is 2.09. The van der Waals surface area contributed by atoms with E-state index < -0.39 is 27.9 Å². The summed E-state index contributed by atoms with van der Waals surface area (Å²) in [4.78, 5) is 0. The Morgan fingerprint density at radius 2 is 1.81 bits per heavy atom. The van der Waals surface area contributed by atoms with E-state index >= 15 is 0 Å². The Morgan fingerprint density at radius 3 is 2.38 bits per heavy atom. The lowest BCUT2D eigenvalue weighted by Crippen LogP contribution is -2.37. The van der Waals surface area contributed by atoms with Gasteiger partial charge < -0.3 is 21.8 Å². The molecule has 3 atom stereocenters. The van der Waals surface area contributed by atoms with Crippen LogP contribution in [0.3, 0.4) is 0 Å². The third kappa shape index (κ3) is 5.46. The van der Waals surface area contributed by atoms with Gasteiger partial charge in [0.05, 0.1) is 6.17 Å². The molecular formula is C20H28N3O2S-. The Labute approximate surface area is 158 Å². The van der Waals surface area contributed by atoms with Gasteiger partial charge in [-0.1, -0.05) is 72.6 Å². The molecule has 0 bridgehead atoms. The fourth-order valence-electron chi connectivity index (χ4n) is 3.18. The first kappa shape index (κ1) is 20.7. The van der Waals surface area contributed by atoms with E-state index in [9.17, 15) is 8.76 Å². The highest BCUT2D eigenvalue weighted by Crippen LogP contribution is 2.32. The molecule has 0 saturated heterocycles. The minimum atomic E-state index is -2.17. The first-order chi connectivity index (χ1) is 12.4. The van der Waals surface area contributed by atoms with Crippen molar-refractivity contribution in [3.8, 4) is 0 Å². The van der Waals surface area contributed by atoms with Crippen LogP contribution in [0.4, 0.5) is 0 Å². The molecule has 6 heteroatoms. The molecule has 0 radical (unpaired) electrons. The van der Waals surface area contributed by atoms with Gasteiger partial charge >= 0.3 is 0 Å². The van der Waals surface area contributed by atoms with E-state index in [4.69, 9.17) is 17.2 Å². The van der Waals surface area contributed by atoms with Gasteiger partial charge in [-0.25, -0.2) is 0 Å². The third-order valence-corrected chi connectivity index (χ3v) is 5.91. The molecule has 0 aliphatic heterocycles. The second kappa shape index (κ2) is 9.39. The zero-order valence-electron chi connectivity index (χ0n) is 15.1. The van der Waals surface area contributed by atoms with Gasteiger partial charge in [-0.05, 0) is 36.0 Å². The first-order valence-corrected chi connectivity index (χ1v) is 9.93. The molecular weight excluding hydrogens is 346 g/mol. The van der Waals surface area contributed by atoms with Crippen LogP contribution in [0.1, 0.15) is 42.6 Å². The maximum absolute atomic E-state index is 11.8. The fourth-order valence-corrected chi connectivity index (χ4v) is 4.00. The van der Waals surface area contributed by atoms with E-state index in [2.05, 4.69) is 0 Å². The molecule has 0 aliphatic carbocycles. The van der Waals surface area contributed by atoms with Crippen molar-refractivity contribution in [1.82, 2.24) is 0 Å². The molecule has 142 valence electrons. The standard InChI is InChI=1S/C20H29N3O2S/c1-20(14-21,17-9-5-8-16(12-17)19(22)23)13-18(26(24)25)11-10-15-6-3-2-4-7-15/h2-9,12,18-19H,10-11,13-14,21-23H2,1H3,(H,24,25)/p-1/t18?,20-/m0/s1. The van der Waals surface area contributed by atoms with Gasteiger partial charge in [-0.15, -0.1) is 0 Å². The van der Waals surface area contributed by atoms with Gasteiger partial charge in [0, 0.05) is 17.2 Å². The van der Waals surface area contributed by atoms with E-state index in [0.717, 1.165) is 16.7 Å². The lowest BCUT2D eigenvalue weighted by atomic mass is 9.77. The molecule has 0 heterocycles. The van der Waals surface area contributed by atoms with Crippen molar-refractivity contribution >= 4 is 11.1 Å². The third-order valence-electron chi connectivity index (χ3n) is 4.97. The summed E-state index contributed by atoms with van der Waals surface area (Å²) in [7, 11) is 0. The maximum Gasteiger partial charge on any atom is 0.0784 e. The largest absolute Gasteiger partial charge is 0.772 e. The summed E-state index contributed by atoms with van der Waals surface area (Å²) in [5.74, 6) is 0. The minimum absolute atomic E-state index is 0.343. The van der Waals surface area contributed by atoms with Crippen molar-refractivity contribution < 1.29 is 8.76 Å². The molecule has 2 rings (SSSR count). The van der Waals surface area contributed by atoms with Crippen LogP contribution >= 0.6 is 0 Å². The lowest BCUT2D eigenvalue weighted by molar-refractivity contribution is 0.409. The van der Waals surface area contributed by atoms with Gasteiger partial charge in [-0.3, -0.25) is 4.21 Å². The summed E-state index contributed by atoms with van der Waals surface area (Å²) in [5.41, 5.74) is 20.1. The topological polar surface area (TPSA) is 118 Å². The average Bonchev–Trinajstić information content (AvgIpc) is 2.65. The van der Waals surface area contributed by atoms with Crippen LogP contribution in [0, 0.1) is 0 Å². The normalized spacial score (nSPS) is 16.2. The van der Waals surface area contributed by atoms with Crippen molar-refractivity contribution in [3.63, 3.8) is 0 Å². The van der Waals surface area contributed by atoms with E-state index in [1.807, 2.05) is 61.5 Å². The van der Waals surface area contributed by atoms with Gasteiger partial charge in [0.25, 0.3) is 0 Å². The molecule has 2 unspecified atom stereocenters. The van der Waals surface area contributed by atoms with Crippen LogP contribution < -0.4 is 17.2 Å². The average molecular weight is 375 g/mol. The Balaban J connectivity index is 2.18. The first-order valence-electron chi connectivity index (χ1n) is 8.79. The van der Waals surface area contributed by atoms with Crippen LogP contribution in [0.5, 0.6) is 0 Å². The van der Waals surface area contributed by atoms with Crippen LogP contribution in [0.25, 0.3) is 0 Å². The summed E-state index contributed by atoms with van der Waals surface area (Å²) in [6.45, 7) is 2.34. The predicted molar refractivity (Wildman–Crippen MR) is 106 cm³/mol. The van der Waals surface area contributed by atoms with E-state index in [1.165, 1.54) is 0 Å². The van der Waals surface area contributed by atoms with Crippen LogP contribution in [-0.4, -0.2) is 20.6 Å². The Hall–Kier alpha value is -1.57. The van der Waals surface area contributed by atoms with Gasteiger partial charge in [0.2, 0.25) is 0 Å². The van der Waals surface area contributed by atoms with Crippen molar-refractivity contribution in [3.05, 3.63) is 71.3 Å². The highest BCUT2D eigenvalue weighted by molar-refractivity contribution is 7.79. The number of hydrogen-bond donors (Lipinski definition) is 3. The van der Waals surface area contributed by atoms with Crippen LogP contribution in [0.2, 0.25) is 0 Å². The molecule has 0 saturated carbocycles. The summed E-state index contributed by atoms with van der Waals surface area (Å²) in [6, 6.07) is 17.5. The number of rotatable bonds is 9. The minimum Gasteiger partial charge on any atom is -0.772 e. The van der Waals surface area contributed by atoms with Crippen LogP contribution in [0.15, 0.2) is 54.6 Å². The molecule has 0 fully saturated rings. The molecule has 0 aromatic heterocycles. The highest BCUT2D eigenvalue weighted by atomic mass is 32.2. The number of aryl methyl sites for hydroxylation is 1. The Bertz CT molecular complexity index is 724. The SMILES string of the molecule is C[C@@](CN)(CC(CCc1ccccc1)S(=O)[O-])c1cccc(C(N)N)c1. The molecule has 0 amide bonds. The quantitative estimate of drug-likeness (QED) is 0.459. The molecule has 6 N–H and O–H groups in total. The summed E-state index contributed by atoms with van der Waals surface area (Å²) in [5, 5.41) is -0.473. The Kier molecular flexibility index (Phi) is 7.49. The zero-order valence-corrected chi connectivity index (χ0v) is 16.0. The maximum atomic E-state index is 11.8. The van der Waals surface area contributed by atoms with E-state index in [0.29, 0.717) is 25.8 Å². The van der Waals surface area contributed by atoms with Crippen molar-refractivity contribution in [1.29, 1.82) is 0 Å². The van der Waals surface area contributed by atoms with Gasteiger partial charge in [0.15, 0.2) is 0 Å². The van der Waals surface area contributed by atoms with E-state index in [1.54, 1.807) is 0 Å². The second-order valence-electron chi connectivity index (χ2n) is 7.03. The molecule has 2 aromatic carbocycles. The molecule has 0 spiro atoms. The van der Waals surface area contributed by atoms with Gasteiger partial charge in [-0.2, -0.15) is 0 Å². The summed E-state index contributed by atoms with van der Waals surface area (Å²) >= 11 is -2.17. The van der Waals surface area contributed by atoms with Crippen LogP contribution in [-0.2, 0) is 22.9 Å². The second-order valence-corrected chi connectivity index (χ2v) is 8.21. The summed E-state index contributed by atoms with van der Waals surface area (Å²) in [6.07, 6.45) is 1.16. The molecule has 0 aliphatic rings. The molecule has 5 nitrogen and oxygen atoms in total. The van der Waals surface area contributed by atoms with Crippen molar-refractivity contribution in [2.75, 3.05) is 6.54 Å². The van der Waals surface area contributed by atoms with Crippen molar-refractivity contribution in [2.45, 2.75) is 43.0 Å². The summed E-state index contributed by atoms with van der Waals surface area (Å²) < 4.78 is 23.7. The zero-order chi connectivity index (χ0) is 19.2. The highest BCUT2D eigenvalue weighted by Gasteiger charge is 2.29. The molecule has 2 aromatic rings. The molecule has 26 heavy (non-hydrogen) atoms. The number of benzene rings is 2. The number of hydrogen-bond acceptors (Lipinski definition) is 5. The fraction of sp³-hybridized carbons (Fsp3) is 0.400. The smallest absolute Gasteiger partial charge is 0.0784 e.